The molecule has 0 spiro atoms. The number of anilines is 3. The Balaban J connectivity index is 1.27. The molecule has 2 heteroatoms. The average Bonchev–Trinajstić information content (AvgIpc) is 3.79. The zero-order chi connectivity index (χ0) is 37.8. The summed E-state index contributed by atoms with van der Waals surface area (Å²) < 4.78 is 2.45. The molecule has 11 rings (SSSR count). The zero-order valence-electron chi connectivity index (χ0n) is 31.3. The van der Waals surface area contributed by atoms with Crippen LogP contribution in [0.15, 0.2) is 231 Å². The van der Waals surface area contributed by atoms with Crippen molar-refractivity contribution in [2.75, 3.05) is 4.90 Å². The molecule has 10 aromatic rings. The van der Waals surface area contributed by atoms with Crippen LogP contribution >= 0.6 is 0 Å². The first-order valence-electron chi connectivity index (χ1n) is 19.7. The Labute approximate surface area is 333 Å². The lowest BCUT2D eigenvalue weighted by Crippen LogP contribution is -2.28. The molecule has 1 heterocycles. The normalized spacial score (nSPS) is 12.7. The van der Waals surface area contributed by atoms with Crippen LogP contribution in [0.25, 0.3) is 49.7 Å². The fraction of sp³-hybridized carbons (Fsp3) is 0.0182. The van der Waals surface area contributed by atoms with Crippen LogP contribution in [0.4, 0.5) is 17.1 Å². The Hall–Kier alpha value is -7.42. The summed E-state index contributed by atoms with van der Waals surface area (Å²) >= 11 is 0. The van der Waals surface area contributed by atoms with E-state index < -0.39 is 5.41 Å². The molecule has 1 aliphatic carbocycles. The largest absolute Gasteiger partial charge is 0.308 e. The number of aromatic nitrogens is 1. The molecule has 0 atom stereocenters. The molecule has 57 heavy (non-hydrogen) atoms. The maximum absolute atomic E-state index is 2.48. The van der Waals surface area contributed by atoms with E-state index in [-0.39, 0.29) is 0 Å². The molecule has 0 saturated carbocycles. The standard InChI is InChI=1S/C55H38N2/c1-6-20-39(21-7-1)40-36-49-48-31-17-19-33-52(48)57(44-28-14-5-15-29-44)54(49)53(37-40)56(43-26-12-4-13-27-43)45-34-35-47-46-30-16-18-32-50(46)55(51(47)38-45,41-22-8-2-9-23-41)42-24-10-3-11-25-42/h1-38H. The molecule has 0 aliphatic heterocycles. The van der Waals surface area contributed by atoms with Gasteiger partial charge in [-0.1, -0.05) is 176 Å². The molecular weight excluding hydrogens is 689 g/mol. The minimum absolute atomic E-state index is 0.521. The number of fused-ring (bicyclic) bond motifs is 6. The monoisotopic (exact) mass is 726 g/mol. The van der Waals surface area contributed by atoms with Crippen molar-refractivity contribution in [2.45, 2.75) is 5.41 Å². The molecule has 1 aromatic heterocycles. The third-order valence-electron chi connectivity index (χ3n) is 11.8. The van der Waals surface area contributed by atoms with Crippen molar-refractivity contribution in [2.24, 2.45) is 0 Å². The Morgan fingerprint density at radius 3 is 1.63 bits per heavy atom. The highest BCUT2D eigenvalue weighted by molar-refractivity contribution is 6.16. The molecule has 0 fully saturated rings. The highest BCUT2D eigenvalue weighted by atomic mass is 15.2. The highest BCUT2D eigenvalue weighted by Crippen LogP contribution is 2.57. The second-order valence-electron chi connectivity index (χ2n) is 14.9. The summed E-state index contributed by atoms with van der Waals surface area (Å²) in [4.78, 5) is 2.48. The molecular formula is C55H38N2. The number of para-hydroxylation sites is 3. The van der Waals surface area contributed by atoms with E-state index in [4.69, 9.17) is 0 Å². The quantitative estimate of drug-likeness (QED) is 0.159. The molecule has 2 nitrogen and oxygen atoms in total. The Bertz CT molecular complexity index is 3000. The Morgan fingerprint density at radius 1 is 0.368 bits per heavy atom. The Morgan fingerprint density at radius 2 is 0.930 bits per heavy atom. The van der Waals surface area contributed by atoms with Crippen LogP contribution < -0.4 is 4.90 Å². The maximum atomic E-state index is 2.48. The van der Waals surface area contributed by atoms with Crippen LogP contribution in [-0.4, -0.2) is 4.57 Å². The summed E-state index contributed by atoms with van der Waals surface area (Å²) in [5.74, 6) is 0. The van der Waals surface area contributed by atoms with Gasteiger partial charge < -0.3 is 9.47 Å². The lowest BCUT2D eigenvalue weighted by molar-refractivity contribution is 0.768. The van der Waals surface area contributed by atoms with Gasteiger partial charge in [0.05, 0.1) is 22.1 Å². The predicted octanol–water partition coefficient (Wildman–Crippen LogP) is 14.3. The van der Waals surface area contributed by atoms with Crippen molar-refractivity contribution in [1.29, 1.82) is 0 Å². The minimum atomic E-state index is -0.521. The number of rotatable bonds is 7. The van der Waals surface area contributed by atoms with Gasteiger partial charge in [0.15, 0.2) is 0 Å². The lowest BCUT2D eigenvalue weighted by Gasteiger charge is -2.35. The highest BCUT2D eigenvalue weighted by Gasteiger charge is 2.46. The second-order valence-corrected chi connectivity index (χ2v) is 14.9. The van der Waals surface area contributed by atoms with Crippen LogP contribution in [-0.2, 0) is 5.41 Å². The number of benzene rings is 9. The van der Waals surface area contributed by atoms with Crippen LogP contribution in [0, 0.1) is 0 Å². The van der Waals surface area contributed by atoms with Gasteiger partial charge in [-0.25, -0.2) is 0 Å². The van der Waals surface area contributed by atoms with Gasteiger partial charge in [-0.05, 0) is 99.1 Å². The van der Waals surface area contributed by atoms with E-state index in [1.165, 1.54) is 60.8 Å². The molecule has 0 bridgehead atoms. The molecule has 0 N–H and O–H groups in total. The van der Waals surface area contributed by atoms with Gasteiger partial charge >= 0.3 is 0 Å². The summed E-state index contributed by atoms with van der Waals surface area (Å²) in [7, 11) is 0. The molecule has 1 aliphatic rings. The van der Waals surface area contributed by atoms with E-state index in [1.54, 1.807) is 0 Å². The molecule has 9 aromatic carbocycles. The SMILES string of the molecule is c1ccc(-c2cc(N(c3ccccc3)c3ccc4c(c3)C(c3ccccc3)(c3ccccc3)c3ccccc3-4)c3c(c2)c2ccccc2n3-c2ccccc2)cc1. The average molecular weight is 727 g/mol. The van der Waals surface area contributed by atoms with E-state index in [0.29, 0.717) is 0 Å². The van der Waals surface area contributed by atoms with Crippen molar-refractivity contribution < 1.29 is 0 Å². The third kappa shape index (κ3) is 5.11. The van der Waals surface area contributed by atoms with Crippen LogP contribution in [0.3, 0.4) is 0 Å². The second kappa shape index (κ2) is 13.4. The van der Waals surface area contributed by atoms with E-state index in [2.05, 4.69) is 240 Å². The van der Waals surface area contributed by atoms with Crippen molar-refractivity contribution >= 4 is 38.9 Å². The van der Waals surface area contributed by atoms with Crippen molar-refractivity contribution in [3.05, 3.63) is 253 Å². The van der Waals surface area contributed by atoms with Gasteiger partial charge in [0.25, 0.3) is 0 Å². The van der Waals surface area contributed by atoms with E-state index in [9.17, 15) is 0 Å². The van der Waals surface area contributed by atoms with Gasteiger partial charge in [-0.15, -0.1) is 0 Å². The first-order chi connectivity index (χ1) is 28.3. The summed E-state index contributed by atoms with van der Waals surface area (Å²) in [6.45, 7) is 0. The van der Waals surface area contributed by atoms with Crippen molar-refractivity contribution in [3.63, 3.8) is 0 Å². The summed E-state index contributed by atoms with van der Waals surface area (Å²) in [5.41, 5.74) is 16.2. The first kappa shape index (κ1) is 33.0. The fourth-order valence-corrected chi connectivity index (χ4v) is 9.47. The summed E-state index contributed by atoms with van der Waals surface area (Å²) in [6, 6.07) is 84.3. The number of hydrogen-bond acceptors (Lipinski definition) is 1. The fourth-order valence-electron chi connectivity index (χ4n) is 9.47. The molecule has 0 radical (unpaired) electrons. The van der Waals surface area contributed by atoms with Crippen molar-refractivity contribution in [1.82, 2.24) is 4.57 Å². The molecule has 0 saturated heterocycles. The first-order valence-corrected chi connectivity index (χ1v) is 19.7. The molecule has 0 unspecified atom stereocenters. The zero-order valence-corrected chi connectivity index (χ0v) is 31.3. The Kier molecular flexibility index (Phi) is 7.75. The summed E-state index contributed by atoms with van der Waals surface area (Å²) in [5, 5.41) is 2.43. The number of nitrogens with zero attached hydrogens (tertiary/aromatic N) is 2. The van der Waals surface area contributed by atoms with Crippen LogP contribution in [0.1, 0.15) is 22.3 Å². The third-order valence-corrected chi connectivity index (χ3v) is 11.8. The lowest BCUT2D eigenvalue weighted by atomic mass is 9.67. The van der Waals surface area contributed by atoms with Crippen molar-refractivity contribution in [3.8, 4) is 27.9 Å². The van der Waals surface area contributed by atoms with Crippen LogP contribution in [0.2, 0.25) is 0 Å². The van der Waals surface area contributed by atoms with Gasteiger partial charge in [-0.2, -0.15) is 0 Å². The van der Waals surface area contributed by atoms with Crippen LogP contribution in [0.5, 0.6) is 0 Å². The summed E-state index contributed by atoms with van der Waals surface area (Å²) in [6.07, 6.45) is 0. The molecule has 268 valence electrons. The van der Waals surface area contributed by atoms with Gasteiger partial charge in [0, 0.05) is 27.8 Å². The van der Waals surface area contributed by atoms with Gasteiger partial charge in [-0.3, -0.25) is 0 Å². The number of hydrogen-bond donors (Lipinski definition) is 0. The van der Waals surface area contributed by atoms with E-state index in [0.717, 1.165) is 28.3 Å². The maximum Gasteiger partial charge on any atom is 0.0782 e. The van der Waals surface area contributed by atoms with E-state index in [1.807, 2.05) is 0 Å². The van der Waals surface area contributed by atoms with Gasteiger partial charge in [0.1, 0.15) is 0 Å². The minimum Gasteiger partial charge on any atom is -0.308 e. The smallest absolute Gasteiger partial charge is 0.0782 e. The van der Waals surface area contributed by atoms with E-state index >= 15 is 0 Å². The molecule has 0 amide bonds. The topological polar surface area (TPSA) is 8.17 Å². The van der Waals surface area contributed by atoms with Gasteiger partial charge in [0.2, 0.25) is 0 Å². The predicted molar refractivity (Wildman–Crippen MR) is 238 cm³/mol.